The van der Waals surface area contributed by atoms with Crippen molar-refractivity contribution >= 4 is 11.8 Å². The highest BCUT2D eigenvalue weighted by Gasteiger charge is 2.30. The number of likely N-dealkylation sites (tertiary alicyclic amines) is 1. The largest absolute Gasteiger partial charge is 0.349 e. The Morgan fingerprint density at radius 2 is 1.54 bits per heavy atom. The molecule has 0 radical (unpaired) electrons. The molecule has 1 aliphatic heterocycles. The molecule has 2 aliphatic rings. The van der Waals surface area contributed by atoms with Crippen molar-refractivity contribution in [3.8, 4) is 0 Å². The summed E-state index contributed by atoms with van der Waals surface area (Å²) in [5.74, 6) is 1.80. The molecule has 0 aromatic heterocycles. The first-order valence-corrected chi connectivity index (χ1v) is 10.8. The van der Waals surface area contributed by atoms with Gasteiger partial charge < -0.3 is 15.5 Å². The Morgan fingerprint density at radius 3 is 2.12 bits per heavy atom. The number of hydrogen-bond acceptors (Lipinski definition) is 2. The van der Waals surface area contributed by atoms with E-state index >= 15 is 0 Å². The van der Waals surface area contributed by atoms with Gasteiger partial charge in [0.25, 0.3) is 0 Å². The third kappa shape index (κ3) is 6.57. The minimum atomic E-state index is -0.418. The Kier molecular flexibility index (Phi) is 8.39. The summed E-state index contributed by atoms with van der Waals surface area (Å²) in [6, 6.07) is -0.418. The van der Waals surface area contributed by atoms with Crippen LogP contribution in [0.3, 0.4) is 0 Å². The Balaban J connectivity index is 1.74. The first-order valence-electron chi connectivity index (χ1n) is 10.8. The van der Waals surface area contributed by atoms with E-state index in [4.69, 9.17) is 0 Å². The van der Waals surface area contributed by atoms with E-state index in [1.54, 1.807) is 4.90 Å². The van der Waals surface area contributed by atoms with Crippen molar-refractivity contribution in [3.05, 3.63) is 0 Å². The molecule has 0 bridgehead atoms. The van der Waals surface area contributed by atoms with E-state index in [9.17, 15) is 9.59 Å². The maximum Gasteiger partial charge on any atom is 0.243 e. The predicted molar refractivity (Wildman–Crippen MR) is 105 cm³/mol. The topological polar surface area (TPSA) is 62.6 Å². The van der Waals surface area contributed by atoms with Crippen molar-refractivity contribution in [2.75, 3.05) is 26.2 Å². The number of rotatable bonds is 7. The molecule has 0 unspecified atom stereocenters. The van der Waals surface area contributed by atoms with Crippen LogP contribution in [0.25, 0.3) is 0 Å². The second-order valence-electron chi connectivity index (χ2n) is 9.16. The average molecular weight is 367 g/mol. The van der Waals surface area contributed by atoms with E-state index in [0.29, 0.717) is 6.54 Å². The fourth-order valence-corrected chi connectivity index (χ4v) is 4.22. The van der Waals surface area contributed by atoms with Crippen LogP contribution in [0.2, 0.25) is 0 Å². The van der Waals surface area contributed by atoms with Gasteiger partial charge in [0.05, 0.1) is 26.2 Å². The summed E-state index contributed by atoms with van der Waals surface area (Å²) in [7, 11) is 0. The van der Waals surface area contributed by atoms with Crippen LogP contribution < -0.4 is 15.5 Å². The molecule has 5 heteroatoms. The molecule has 150 valence electrons. The van der Waals surface area contributed by atoms with E-state index in [0.717, 1.165) is 44.1 Å². The molecule has 1 atom stereocenters. The van der Waals surface area contributed by atoms with Crippen LogP contribution in [0.5, 0.6) is 0 Å². The van der Waals surface area contributed by atoms with Gasteiger partial charge in [-0.1, -0.05) is 27.7 Å². The molecular weight excluding hydrogens is 326 g/mol. The fourth-order valence-electron chi connectivity index (χ4n) is 4.22. The lowest BCUT2D eigenvalue weighted by atomic mass is 9.82. The Labute approximate surface area is 159 Å². The van der Waals surface area contributed by atoms with Crippen molar-refractivity contribution in [3.63, 3.8) is 0 Å². The number of carbonyl (C=O) groups is 2. The number of quaternary nitrogens is 1. The lowest BCUT2D eigenvalue weighted by molar-refractivity contribution is -0.904. The maximum atomic E-state index is 12.6. The molecule has 2 fully saturated rings. The van der Waals surface area contributed by atoms with E-state index in [-0.39, 0.29) is 23.7 Å². The van der Waals surface area contributed by atoms with E-state index in [1.165, 1.54) is 25.9 Å². The van der Waals surface area contributed by atoms with Gasteiger partial charge in [-0.25, -0.2) is 0 Å². The van der Waals surface area contributed by atoms with Gasteiger partial charge in [0.15, 0.2) is 0 Å². The Bertz CT molecular complexity index is 450. The maximum absolute atomic E-state index is 12.6. The molecule has 2 rings (SSSR count). The second kappa shape index (κ2) is 10.3. The molecule has 3 N–H and O–H groups in total. The highest BCUT2D eigenvalue weighted by Crippen LogP contribution is 2.28. The van der Waals surface area contributed by atoms with Crippen molar-refractivity contribution in [2.24, 2.45) is 23.7 Å². The van der Waals surface area contributed by atoms with E-state index in [2.05, 4.69) is 24.5 Å². The van der Waals surface area contributed by atoms with Crippen molar-refractivity contribution in [1.82, 2.24) is 10.6 Å². The molecular formula is C21H40N3O2+. The lowest BCUT2D eigenvalue weighted by Gasteiger charge is -2.29. The van der Waals surface area contributed by atoms with Gasteiger partial charge in [-0.15, -0.1) is 0 Å². The van der Waals surface area contributed by atoms with E-state index < -0.39 is 6.04 Å². The monoisotopic (exact) mass is 366 g/mol. The number of piperidine rings is 1. The predicted octanol–water partition coefficient (Wildman–Crippen LogP) is 1.38. The van der Waals surface area contributed by atoms with Crippen molar-refractivity contribution < 1.29 is 14.5 Å². The molecule has 1 heterocycles. The van der Waals surface area contributed by atoms with Crippen LogP contribution in [0, 0.1) is 23.7 Å². The standard InChI is InChI=1S/C21H39N3O2/c1-15(2)19(23-20(25)18-7-5-16(3)6-8-18)21(26)22-11-14-24-12-9-17(4)10-13-24/h15-19H,5-14H2,1-4H3,(H,22,26)(H,23,25)/p+1/t16?,18?,19-/m0/s1. The van der Waals surface area contributed by atoms with Gasteiger partial charge >= 0.3 is 0 Å². The summed E-state index contributed by atoms with van der Waals surface area (Å²) >= 11 is 0. The first kappa shape index (κ1) is 21.2. The van der Waals surface area contributed by atoms with Gasteiger partial charge in [0, 0.05) is 5.92 Å². The Hall–Kier alpha value is -1.10. The molecule has 1 aliphatic carbocycles. The van der Waals surface area contributed by atoms with Crippen molar-refractivity contribution in [2.45, 2.75) is 72.3 Å². The summed E-state index contributed by atoms with van der Waals surface area (Å²) in [5.41, 5.74) is 0. The van der Waals surface area contributed by atoms with Crippen LogP contribution in [-0.4, -0.2) is 44.0 Å². The zero-order valence-corrected chi connectivity index (χ0v) is 17.3. The molecule has 1 saturated heterocycles. The van der Waals surface area contributed by atoms with Crippen LogP contribution in [0.1, 0.15) is 66.2 Å². The number of nitrogens with one attached hydrogen (secondary N) is 3. The zero-order chi connectivity index (χ0) is 19.1. The summed E-state index contributed by atoms with van der Waals surface area (Å²) < 4.78 is 0. The SMILES string of the molecule is CC1CCC(C(=O)N[C@H](C(=O)NCC[NH+]2CCC(C)CC2)C(C)C)CC1. The van der Waals surface area contributed by atoms with Crippen LogP contribution in [0.15, 0.2) is 0 Å². The molecule has 26 heavy (non-hydrogen) atoms. The summed E-state index contributed by atoms with van der Waals surface area (Å²) in [5, 5.41) is 6.10. The third-order valence-corrected chi connectivity index (χ3v) is 6.39. The summed E-state index contributed by atoms with van der Waals surface area (Å²) in [6.07, 6.45) is 6.72. The van der Waals surface area contributed by atoms with Crippen LogP contribution in [-0.2, 0) is 9.59 Å². The highest BCUT2D eigenvalue weighted by molar-refractivity contribution is 5.88. The molecule has 2 amide bonds. The summed E-state index contributed by atoms with van der Waals surface area (Å²) in [6.45, 7) is 12.7. The number of hydrogen-bond donors (Lipinski definition) is 3. The molecule has 0 spiro atoms. The lowest BCUT2D eigenvalue weighted by Crippen LogP contribution is -3.13. The van der Waals surface area contributed by atoms with Gasteiger partial charge in [-0.3, -0.25) is 9.59 Å². The normalized spacial score (nSPS) is 30.7. The second-order valence-corrected chi connectivity index (χ2v) is 9.16. The molecule has 0 aromatic carbocycles. The average Bonchev–Trinajstić information content (AvgIpc) is 2.61. The van der Waals surface area contributed by atoms with Gasteiger partial charge in [-0.2, -0.15) is 0 Å². The van der Waals surface area contributed by atoms with Gasteiger partial charge in [-0.05, 0) is 56.3 Å². The molecule has 0 aromatic rings. The van der Waals surface area contributed by atoms with Gasteiger partial charge in [0.2, 0.25) is 11.8 Å². The molecule has 5 nitrogen and oxygen atoms in total. The van der Waals surface area contributed by atoms with E-state index in [1.807, 2.05) is 13.8 Å². The zero-order valence-electron chi connectivity index (χ0n) is 17.3. The number of carbonyl (C=O) groups excluding carboxylic acids is 2. The van der Waals surface area contributed by atoms with Gasteiger partial charge in [0.1, 0.15) is 6.04 Å². The Morgan fingerprint density at radius 1 is 0.962 bits per heavy atom. The fraction of sp³-hybridized carbons (Fsp3) is 0.905. The highest BCUT2D eigenvalue weighted by atomic mass is 16.2. The minimum Gasteiger partial charge on any atom is -0.349 e. The van der Waals surface area contributed by atoms with Crippen molar-refractivity contribution in [1.29, 1.82) is 0 Å². The molecule has 1 saturated carbocycles. The van der Waals surface area contributed by atoms with Crippen LogP contribution in [0.4, 0.5) is 0 Å². The summed E-state index contributed by atoms with van der Waals surface area (Å²) in [4.78, 5) is 26.8. The minimum absolute atomic E-state index is 0.0256. The number of amides is 2. The van der Waals surface area contributed by atoms with Crippen LogP contribution >= 0.6 is 0 Å². The third-order valence-electron chi connectivity index (χ3n) is 6.39. The first-order chi connectivity index (χ1) is 12.4. The quantitative estimate of drug-likeness (QED) is 0.637. The smallest absolute Gasteiger partial charge is 0.243 e.